The van der Waals surface area contributed by atoms with E-state index in [0.717, 1.165) is 36.9 Å². The molecule has 0 radical (unpaired) electrons. The van der Waals surface area contributed by atoms with E-state index < -0.39 is 6.04 Å². The molecule has 1 aromatic carbocycles. The summed E-state index contributed by atoms with van der Waals surface area (Å²) in [6.07, 6.45) is 5.53. The molecular weight excluding hydrogens is 374 g/mol. The first kappa shape index (κ1) is 18.7. The molecule has 2 amide bonds. The van der Waals surface area contributed by atoms with Gasteiger partial charge in [-0.1, -0.05) is 43.2 Å². The summed E-state index contributed by atoms with van der Waals surface area (Å²) in [6, 6.07) is 8.99. The minimum absolute atomic E-state index is 0.0354. The van der Waals surface area contributed by atoms with Gasteiger partial charge in [-0.25, -0.2) is 9.89 Å². The monoisotopic (exact) mass is 395 g/mol. The summed E-state index contributed by atoms with van der Waals surface area (Å²) < 4.78 is 0. The van der Waals surface area contributed by atoms with Crippen molar-refractivity contribution in [2.45, 2.75) is 50.6 Å². The zero-order valence-corrected chi connectivity index (χ0v) is 16.2. The molecule has 144 valence electrons. The molecule has 3 aliphatic rings. The van der Waals surface area contributed by atoms with Crippen LogP contribution in [0.4, 0.5) is 5.69 Å². The maximum atomic E-state index is 13.0. The Labute approximate surface area is 167 Å². The summed E-state index contributed by atoms with van der Waals surface area (Å²) in [6.45, 7) is 0. The van der Waals surface area contributed by atoms with Gasteiger partial charge in [0, 0.05) is 11.6 Å². The Hall–Kier alpha value is -2.66. The number of nitriles is 1. The fourth-order valence-corrected chi connectivity index (χ4v) is 4.50. The number of benzene rings is 1. The highest BCUT2D eigenvalue weighted by Crippen LogP contribution is 2.34. The van der Waals surface area contributed by atoms with Gasteiger partial charge < -0.3 is 5.32 Å². The lowest BCUT2D eigenvalue weighted by Gasteiger charge is -2.25. The summed E-state index contributed by atoms with van der Waals surface area (Å²) in [4.78, 5) is 36.1. The molecule has 1 atom stereocenters. The topological polar surface area (TPSA) is 97.9 Å². The molecule has 4 rings (SSSR count). The van der Waals surface area contributed by atoms with Crippen LogP contribution in [0.15, 0.2) is 34.3 Å². The number of amides is 2. The van der Waals surface area contributed by atoms with Crippen LogP contribution in [0, 0.1) is 11.3 Å². The molecule has 2 aliphatic heterocycles. The van der Waals surface area contributed by atoms with Crippen molar-refractivity contribution >= 4 is 40.3 Å². The minimum atomic E-state index is -0.752. The number of amidine groups is 2. The summed E-state index contributed by atoms with van der Waals surface area (Å²) in [5.41, 5.74) is 1.49. The van der Waals surface area contributed by atoms with E-state index in [9.17, 15) is 9.59 Å². The molecular formula is C20H21N5O2S. The van der Waals surface area contributed by atoms with Crippen LogP contribution >= 0.6 is 11.8 Å². The van der Waals surface area contributed by atoms with E-state index in [1.165, 1.54) is 23.1 Å². The van der Waals surface area contributed by atoms with Gasteiger partial charge in [0.15, 0.2) is 5.17 Å². The van der Waals surface area contributed by atoms with Gasteiger partial charge in [-0.3, -0.25) is 14.6 Å². The van der Waals surface area contributed by atoms with Crippen LogP contribution in [0.25, 0.3) is 0 Å². The molecule has 2 heterocycles. The second-order valence-electron chi connectivity index (χ2n) is 7.11. The molecule has 1 N–H and O–H groups in total. The van der Waals surface area contributed by atoms with E-state index in [1.807, 2.05) is 24.3 Å². The maximum Gasteiger partial charge on any atom is 0.259 e. The van der Waals surface area contributed by atoms with Crippen LogP contribution in [-0.4, -0.2) is 45.6 Å². The quantitative estimate of drug-likeness (QED) is 0.847. The van der Waals surface area contributed by atoms with E-state index in [0.29, 0.717) is 11.0 Å². The van der Waals surface area contributed by atoms with Gasteiger partial charge in [-0.2, -0.15) is 5.26 Å². The van der Waals surface area contributed by atoms with Crippen molar-refractivity contribution in [3.8, 4) is 6.07 Å². The van der Waals surface area contributed by atoms with Gasteiger partial charge in [0.25, 0.3) is 5.91 Å². The highest BCUT2D eigenvalue weighted by atomic mass is 32.2. The van der Waals surface area contributed by atoms with Crippen LogP contribution in [-0.2, 0) is 9.59 Å². The Morgan fingerprint density at radius 2 is 2.07 bits per heavy atom. The van der Waals surface area contributed by atoms with Crippen LogP contribution in [0.3, 0.4) is 0 Å². The number of nitrogens with zero attached hydrogens (tertiary/aromatic N) is 4. The van der Waals surface area contributed by atoms with Crippen LogP contribution in [0.2, 0.25) is 0 Å². The molecule has 0 unspecified atom stereocenters. The normalized spacial score (nSPS) is 21.3. The van der Waals surface area contributed by atoms with E-state index in [-0.39, 0.29) is 30.0 Å². The number of hydrogen-bond acceptors (Lipinski definition) is 6. The molecule has 1 saturated carbocycles. The lowest BCUT2D eigenvalue weighted by atomic mass is 9.95. The molecule has 1 aliphatic carbocycles. The average Bonchev–Trinajstić information content (AvgIpc) is 3.03. The smallest absolute Gasteiger partial charge is 0.259 e. The van der Waals surface area contributed by atoms with E-state index >= 15 is 0 Å². The molecule has 0 saturated heterocycles. The molecule has 8 heteroatoms. The number of thioether (sulfide) groups is 1. The lowest BCUT2D eigenvalue weighted by molar-refractivity contribution is -0.129. The van der Waals surface area contributed by atoms with Gasteiger partial charge in [0.1, 0.15) is 11.9 Å². The summed E-state index contributed by atoms with van der Waals surface area (Å²) in [7, 11) is 0. The Kier molecular flexibility index (Phi) is 5.44. The maximum absolute atomic E-state index is 13.0. The zero-order chi connectivity index (χ0) is 19.5. The Morgan fingerprint density at radius 1 is 1.29 bits per heavy atom. The van der Waals surface area contributed by atoms with E-state index in [1.54, 1.807) is 0 Å². The van der Waals surface area contributed by atoms with Crippen molar-refractivity contribution in [1.29, 1.82) is 5.26 Å². The number of hydrogen-bond donors (Lipinski definition) is 1. The van der Waals surface area contributed by atoms with Gasteiger partial charge >= 0.3 is 0 Å². The number of aliphatic imine (C=N–C) groups is 2. The van der Waals surface area contributed by atoms with Gasteiger partial charge in [-0.05, 0) is 25.0 Å². The molecule has 1 fully saturated rings. The molecule has 0 bridgehead atoms. The van der Waals surface area contributed by atoms with Gasteiger partial charge in [0.05, 0.1) is 23.9 Å². The predicted molar refractivity (Wildman–Crippen MR) is 108 cm³/mol. The standard InChI is InChI=1S/C20H21N5O2S/c21-10-11-28-20-24-15-9-5-4-8-14(15)18-23-16(19(27)25(18)20)12-17(26)22-13-6-2-1-3-7-13/h4-5,8-9,13,16H,1-3,6-7,11-12H2,(H,22,26)/t16-/m0/s1. The summed E-state index contributed by atoms with van der Waals surface area (Å²) in [5, 5.41) is 12.4. The zero-order valence-electron chi connectivity index (χ0n) is 15.4. The Bertz CT molecular complexity index is 898. The molecule has 0 spiro atoms. The number of carbonyl (C=O) groups is 2. The first-order valence-electron chi connectivity index (χ1n) is 9.56. The van der Waals surface area contributed by atoms with E-state index in [4.69, 9.17) is 5.26 Å². The fraction of sp³-hybridized carbons (Fsp3) is 0.450. The fourth-order valence-electron chi connectivity index (χ4n) is 3.84. The third-order valence-electron chi connectivity index (χ3n) is 5.16. The third-order valence-corrected chi connectivity index (χ3v) is 5.97. The van der Waals surface area contributed by atoms with Crippen LogP contribution in [0.5, 0.6) is 0 Å². The minimum Gasteiger partial charge on any atom is -0.353 e. The van der Waals surface area contributed by atoms with Crippen LogP contribution in [0.1, 0.15) is 44.1 Å². The third kappa shape index (κ3) is 3.67. The van der Waals surface area contributed by atoms with Crippen molar-refractivity contribution < 1.29 is 9.59 Å². The average molecular weight is 395 g/mol. The SMILES string of the molecule is N#CCSC1=Nc2ccccc2C2=N[C@@H](CC(=O)NC3CCCCC3)C(=O)N12. The van der Waals surface area contributed by atoms with Crippen molar-refractivity contribution in [3.63, 3.8) is 0 Å². The number of rotatable bonds is 4. The lowest BCUT2D eigenvalue weighted by Crippen LogP contribution is -2.43. The molecule has 7 nitrogen and oxygen atoms in total. The number of nitrogens with one attached hydrogen (secondary N) is 1. The Morgan fingerprint density at radius 3 is 2.86 bits per heavy atom. The number of para-hydroxylation sites is 1. The number of fused-ring (bicyclic) bond motifs is 3. The van der Waals surface area contributed by atoms with Crippen molar-refractivity contribution in [1.82, 2.24) is 10.2 Å². The van der Waals surface area contributed by atoms with Crippen molar-refractivity contribution in [3.05, 3.63) is 29.8 Å². The highest BCUT2D eigenvalue weighted by Gasteiger charge is 2.42. The highest BCUT2D eigenvalue weighted by molar-refractivity contribution is 8.14. The van der Waals surface area contributed by atoms with Crippen molar-refractivity contribution in [2.75, 3.05) is 5.75 Å². The summed E-state index contributed by atoms with van der Waals surface area (Å²) >= 11 is 1.20. The van der Waals surface area contributed by atoms with Crippen LogP contribution < -0.4 is 5.32 Å². The predicted octanol–water partition coefficient (Wildman–Crippen LogP) is 2.74. The summed E-state index contributed by atoms with van der Waals surface area (Å²) in [5.74, 6) is 0.315. The molecule has 28 heavy (non-hydrogen) atoms. The molecule has 0 aromatic heterocycles. The largest absolute Gasteiger partial charge is 0.353 e. The van der Waals surface area contributed by atoms with Gasteiger partial charge in [0.2, 0.25) is 5.91 Å². The first-order valence-corrected chi connectivity index (χ1v) is 10.5. The van der Waals surface area contributed by atoms with Crippen molar-refractivity contribution in [2.24, 2.45) is 9.98 Å². The molecule has 1 aromatic rings. The second kappa shape index (κ2) is 8.15. The Balaban J connectivity index is 1.54. The number of carbonyl (C=O) groups excluding carboxylic acids is 2. The second-order valence-corrected chi connectivity index (χ2v) is 8.05. The van der Waals surface area contributed by atoms with E-state index in [2.05, 4.69) is 21.4 Å². The first-order chi connectivity index (χ1) is 13.7. The van der Waals surface area contributed by atoms with Gasteiger partial charge in [-0.15, -0.1) is 0 Å².